The van der Waals surface area contributed by atoms with Gasteiger partial charge in [-0.15, -0.1) is 0 Å². The van der Waals surface area contributed by atoms with E-state index in [1.807, 2.05) is 34.6 Å². The summed E-state index contributed by atoms with van der Waals surface area (Å²) in [6.07, 6.45) is 0. The van der Waals surface area contributed by atoms with Gasteiger partial charge in [0.05, 0.1) is 6.54 Å². The molecule has 0 aromatic carbocycles. The van der Waals surface area contributed by atoms with E-state index < -0.39 is 0 Å². The lowest BCUT2D eigenvalue weighted by atomic mass is 10.1. The predicted molar refractivity (Wildman–Crippen MR) is 68.6 cm³/mol. The fraction of sp³-hybridized carbons (Fsp3) is 0.833. The summed E-state index contributed by atoms with van der Waals surface area (Å²) in [5, 5.41) is 8.56. The molecule has 2 amide bonds. The quantitative estimate of drug-likeness (QED) is 0.586. The summed E-state index contributed by atoms with van der Waals surface area (Å²) in [5.41, 5.74) is -0.0663. The van der Waals surface area contributed by atoms with Gasteiger partial charge in [0, 0.05) is 24.5 Å². The Morgan fingerprint density at radius 1 is 1.06 bits per heavy atom. The molecule has 0 aliphatic carbocycles. The normalized spacial score (nSPS) is 11.4. The molecular weight excluding hydrogens is 218 g/mol. The van der Waals surface area contributed by atoms with Crippen LogP contribution in [-0.4, -0.2) is 37.0 Å². The van der Waals surface area contributed by atoms with Gasteiger partial charge in [-0.3, -0.25) is 9.59 Å². The number of nitrogens with one attached hydrogen (secondary N) is 3. The molecule has 5 heteroatoms. The van der Waals surface area contributed by atoms with Crippen molar-refractivity contribution in [1.82, 2.24) is 16.0 Å². The van der Waals surface area contributed by atoms with E-state index in [-0.39, 0.29) is 23.3 Å². The van der Waals surface area contributed by atoms with Crippen molar-refractivity contribution in [3.8, 4) is 0 Å². The lowest BCUT2D eigenvalue weighted by Crippen LogP contribution is -2.44. The average molecular weight is 243 g/mol. The number of hydrogen-bond acceptors (Lipinski definition) is 3. The maximum Gasteiger partial charge on any atom is 0.234 e. The summed E-state index contributed by atoms with van der Waals surface area (Å²) in [7, 11) is 0. The fourth-order valence-electron chi connectivity index (χ4n) is 1.000. The first-order chi connectivity index (χ1) is 7.72. The van der Waals surface area contributed by atoms with Crippen molar-refractivity contribution in [2.24, 2.45) is 5.92 Å². The molecule has 0 saturated carbocycles. The summed E-state index contributed by atoms with van der Waals surface area (Å²) in [6.45, 7) is 10.9. The van der Waals surface area contributed by atoms with E-state index >= 15 is 0 Å². The number of rotatable bonds is 6. The van der Waals surface area contributed by atoms with E-state index in [9.17, 15) is 9.59 Å². The summed E-state index contributed by atoms with van der Waals surface area (Å²) >= 11 is 0. The molecule has 0 unspecified atom stereocenters. The third-order valence-electron chi connectivity index (χ3n) is 2.05. The van der Waals surface area contributed by atoms with Crippen molar-refractivity contribution in [3.63, 3.8) is 0 Å². The van der Waals surface area contributed by atoms with Gasteiger partial charge in [-0.05, 0) is 20.8 Å². The van der Waals surface area contributed by atoms with Crippen molar-refractivity contribution < 1.29 is 9.59 Å². The van der Waals surface area contributed by atoms with Crippen molar-refractivity contribution in [2.75, 3.05) is 19.6 Å². The van der Waals surface area contributed by atoms with Gasteiger partial charge in [-0.25, -0.2) is 0 Å². The van der Waals surface area contributed by atoms with Gasteiger partial charge in [-0.2, -0.15) is 0 Å². The first kappa shape index (κ1) is 15.9. The van der Waals surface area contributed by atoms with Gasteiger partial charge in [-0.1, -0.05) is 13.8 Å². The molecule has 100 valence electrons. The van der Waals surface area contributed by atoms with E-state index in [0.717, 1.165) is 0 Å². The lowest BCUT2D eigenvalue weighted by molar-refractivity contribution is -0.124. The van der Waals surface area contributed by atoms with E-state index in [4.69, 9.17) is 0 Å². The molecule has 0 radical (unpaired) electrons. The second-order valence-electron chi connectivity index (χ2n) is 5.40. The second-order valence-corrected chi connectivity index (χ2v) is 5.40. The number of carbonyl (C=O) groups is 2. The molecule has 0 rings (SSSR count). The molecule has 0 saturated heterocycles. The highest BCUT2D eigenvalue weighted by Gasteiger charge is 2.11. The van der Waals surface area contributed by atoms with Gasteiger partial charge in [0.2, 0.25) is 11.8 Å². The van der Waals surface area contributed by atoms with Gasteiger partial charge < -0.3 is 16.0 Å². The topological polar surface area (TPSA) is 70.2 Å². The highest BCUT2D eigenvalue weighted by Crippen LogP contribution is 1.96. The van der Waals surface area contributed by atoms with Gasteiger partial charge in [0.15, 0.2) is 0 Å². The average Bonchev–Trinajstić information content (AvgIpc) is 2.20. The molecule has 5 nitrogen and oxygen atoms in total. The smallest absolute Gasteiger partial charge is 0.234 e. The minimum absolute atomic E-state index is 0.00654. The fourth-order valence-corrected chi connectivity index (χ4v) is 1.000. The molecule has 17 heavy (non-hydrogen) atoms. The zero-order chi connectivity index (χ0) is 13.5. The van der Waals surface area contributed by atoms with Crippen LogP contribution in [0.3, 0.4) is 0 Å². The Kier molecular flexibility index (Phi) is 6.80. The zero-order valence-electron chi connectivity index (χ0n) is 11.5. The van der Waals surface area contributed by atoms with Crippen molar-refractivity contribution >= 4 is 11.8 Å². The van der Waals surface area contributed by atoms with Crippen molar-refractivity contribution in [1.29, 1.82) is 0 Å². The van der Waals surface area contributed by atoms with Gasteiger partial charge >= 0.3 is 0 Å². The first-order valence-corrected chi connectivity index (χ1v) is 6.02. The van der Waals surface area contributed by atoms with Crippen molar-refractivity contribution in [2.45, 2.75) is 40.2 Å². The molecule has 0 spiro atoms. The third kappa shape index (κ3) is 9.81. The number of carbonyl (C=O) groups excluding carboxylic acids is 2. The molecular formula is C12H25N3O2. The number of hydrogen-bond donors (Lipinski definition) is 3. The summed E-state index contributed by atoms with van der Waals surface area (Å²) in [4.78, 5) is 22.6. The molecule has 0 aliphatic heterocycles. The molecule has 3 N–H and O–H groups in total. The van der Waals surface area contributed by atoms with Crippen LogP contribution in [0.4, 0.5) is 0 Å². The molecule has 0 bridgehead atoms. The van der Waals surface area contributed by atoms with Crippen LogP contribution < -0.4 is 16.0 Å². The van der Waals surface area contributed by atoms with Crippen LogP contribution in [0.2, 0.25) is 0 Å². The van der Waals surface area contributed by atoms with Crippen LogP contribution in [0, 0.1) is 5.92 Å². The zero-order valence-corrected chi connectivity index (χ0v) is 11.5. The van der Waals surface area contributed by atoms with Crippen LogP contribution in [0.25, 0.3) is 0 Å². The van der Waals surface area contributed by atoms with Crippen molar-refractivity contribution in [3.05, 3.63) is 0 Å². The second kappa shape index (κ2) is 7.27. The minimum Gasteiger partial charge on any atom is -0.354 e. The number of amides is 2. The highest BCUT2D eigenvalue weighted by molar-refractivity contribution is 5.79. The summed E-state index contributed by atoms with van der Waals surface area (Å²) in [5.74, 6) is -0.0703. The molecule has 0 aromatic heterocycles. The summed E-state index contributed by atoms with van der Waals surface area (Å²) < 4.78 is 0. The maximum absolute atomic E-state index is 11.4. The van der Waals surface area contributed by atoms with E-state index in [1.165, 1.54) is 0 Å². The Morgan fingerprint density at radius 2 is 1.59 bits per heavy atom. The Morgan fingerprint density at radius 3 is 2.06 bits per heavy atom. The Bertz CT molecular complexity index is 257. The minimum atomic E-state index is -0.0663. The standard InChI is InChI=1S/C12H25N3O2/c1-9(2)11(17)14-7-6-13-10(16)8-15-12(3,4)5/h9,15H,6-8H2,1-5H3,(H,13,16)(H,14,17). The van der Waals surface area contributed by atoms with Crippen LogP contribution >= 0.6 is 0 Å². The molecule has 0 aliphatic rings. The Hall–Kier alpha value is -1.10. The lowest BCUT2D eigenvalue weighted by Gasteiger charge is -2.20. The first-order valence-electron chi connectivity index (χ1n) is 6.02. The van der Waals surface area contributed by atoms with Crippen LogP contribution in [0.1, 0.15) is 34.6 Å². The molecule has 0 fully saturated rings. The largest absolute Gasteiger partial charge is 0.354 e. The van der Waals surface area contributed by atoms with Crippen LogP contribution in [-0.2, 0) is 9.59 Å². The Labute approximate surface area is 104 Å². The summed E-state index contributed by atoms with van der Waals surface area (Å²) in [6, 6.07) is 0. The van der Waals surface area contributed by atoms with Crippen LogP contribution in [0.15, 0.2) is 0 Å². The van der Waals surface area contributed by atoms with Crippen LogP contribution in [0.5, 0.6) is 0 Å². The SMILES string of the molecule is CC(C)C(=O)NCCNC(=O)CNC(C)(C)C. The predicted octanol–water partition coefficient (Wildman–Crippen LogP) is 0.263. The van der Waals surface area contributed by atoms with E-state index in [0.29, 0.717) is 19.6 Å². The van der Waals surface area contributed by atoms with Gasteiger partial charge in [0.1, 0.15) is 0 Å². The monoisotopic (exact) mass is 243 g/mol. The third-order valence-corrected chi connectivity index (χ3v) is 2.05. The highest BCUT2D eigenvalue weighted by atomic mass is 16.2. The molecule has 0 atom stereocenters. The van der Waals surface area contributed by atoms with E-state index in [2.05, 4.69) is 16.0 Å². The van der Waals surface area contributed by atoms with Gasteiger partial charge in [0.25, 0.3) is 0 Å². The Balaban J connectivity index is 3.56. The maximum atomic E-state index is 11.4. The van der Waals surface area contributed by atoms with E-state index in [1.54, 1.807) is 0 Å². The molecule has 0 heterocycles. The molecule has 0 aromatic rings.